The van der Waals surface area contributed by atoms with Crippen molar-refractivity contribution in [3.05, 3.63) is 0 Å². The smallest absolute Gasteiger partial charge is 0.329 e. The molecule has 0 aromatic carbocycles. The van der Waals surface area contributed by atoms with Gasteiger partial charge in [-0.2, -0.15) is 0 Å². The molecule has 3 aliphatic rings. The Balaban J connectivity index is 1.81. The van der Waals surface area contributed by atoms with Gasteiger partial charge in [0, 0.05) is 6.54 Å². The van der Waals surface area contributed by atoms with E-state index < -0.39 is 65.1 Å². The topological polar surface area (TPSA) is 177 Å². The van der Waals surface area contributed by atoms with Gasteiger partial charge in [-0.3, -0.25) is 19.2 Å². The monoisotopic (exact) mass is 591 g/mol. The molecule has 5 amide bonds. The van der Waals surface area contributed by atoms with Crippen LogP contribution in [0.3, 0.4) is 0 Å². The van der Waals surface area contributed by atoms with Gasteiger partial charge in [0.1, 0.15) is 18.1 Å². The molecule has 236 valence electrons. The van der Waals surface area contributed by atoms with Gasteiger partial charge in [0.15, 0.2) is 0 Å². The molecule has 12 heteroatoms. The van der Waals surface area contributed by atoms with Crippen LogP contribution in [0, 0.1) is 34.5 Å². The third kappa shape index (κ3) is 7.42. The maximum Gasteiger partial charge on any atom is 0.329 e. The van der Waals surface area contributed by atoms with Crippen LogP contribution in [0.25, 0.3) is 0 Å². The fourth-order valence-corrected chi connectivity index (χ4v) is 6.09. The first kappa shape index (κ1) is 33.3. The minimum absolute atomic E-state index is 0.0662. The molecule has 3 fully saturated rings. The van der Waals surface area contributed by atoms with Crippen molar-refractivity contribution >= 4 is 35.5 Å². The second kappa shape index (κ2) is 12.2. The number of fused-ring (bicyclic) bond motifs is 1. The highest BCUT2D eigenvalue weighted by molar-refractivity contribution is 6.37. The Hall–Kier alpha value is -3.18. The Bertz CT molecular complexity index is 1110. The summed E-state index contributed by atoms with van der Waals surface area (Å²) in [6, 6.07) is -4.57. The zero-order valence-electron chi connectivity index (χ0n) is 26.4. The molecule has 1 unspecified atom stereocenters. The number of ketones is 1. The van der Waals surface area contributed by atoms with Crippen LogP contribution in [0.2, 0.25) is 0 Å². The van der Waals surface area contributed by atoms with Crippen molar-refractivity contribution in [3.63, 3.8) is 0 Å². The predicted molar refractivity (Wildman–Crippen MR) is 154 cm³/mol. The van der Waals surface area contributed by atoms with Gasteiger partial charge in [0.2, 0.25) is 17.6 Å². The summed E-state index contributed by atoms with van der Waals surface area (Å²) < 4.78 is 5.29. The van der Waals surface area contributed by atoms with E-state index in [4.69, 9.17) is 10.5 Å². The largest absolute Gasteiger partial charge is 0.461 e. The van der Waals surface area contributed by atoms with Crippen molar-refractivity contribution in [2.45, 2.75) is 112 Å². The van der Waals surface area contributed by atoms with E-state index in [1.165, 1.54) is 4.90 Å². The van der Waals surface area contributed by atoms with Gasteiger partial charge < -0.3 is 31.3 Å². The molecule has 42 heavy (non-hydrogen) atoms. The molecule has 0 radical (unpaired) electrons. The van der Waals surface area contributed by atoms with E-state index in [1.54, 1.807) is 48.5 Å². The number of likely N-dealkylation sites (tertiary alicyclic amines) is 1. The highest BCUT2D eigenvalue weighted by Crippen LogP contribution is 2.65. The number of ether oxygens (including phenoxy) is 1. The third-order valence-electron chi connectivity index (χ3n) is 8.85. The number of primary amides is 1. The Morgan fingerprint density at radius 1 is 0.976 bits per heavy atom. The lowest BCUT2D eigenvalue weighted by Gasteiger charge is -2.38. The molecule has 0 aromatic heterocycles. The van der Waals surface area contributed by atoms with Crippen molar-refractivity contribution in [2.75, 3.05) is 6.54 Å². The van der Waals surface area contributed by atoms with Crippen LogP contribution in [-0.4, -0.2) is 77.2 Å². The average molecular weight is 592 g/mol. The number of Topliss-reactive ketones (excluding diaryl/α,β-unsaturated/α-hetero) is 1. The van der Waals surface area contributed by atoms with Gasteiger partial charge >= 0.3 is 12.0 Å². The van der Waals surface area contributed by atoms with Gasteiger partial charge in [-0.1, -0.05) is 61.3 Å². The highest BCUT2D eigenvalue weighted by Gasteiger charge is 2.70. The summed E-state index contributed by atoms with van der Waals surface area (Å²) in [6.07, 6.45) is 1.80. The highest BCUT2D eigenvalue weighted by atomic mass is 16.5. The fraction of sp³-hybridized carbons (Fsp3) is 0.800. The average Bonchev–Trinajstić information content (AvgIpc) is 3.70. The summed E-state index contributed by atoms with van der Waals surface area (Å²) in [7, 11) is 0. The van der Waals surface area contributed by atoms with Gasteiger partial charge in [-0.05, 0) is 54.8 Å². The molecule has 2 saturated carbocycles. The number of rotatable bonds is 12. The molecule has 5 N–H and O–H groups in total. The number of piperidine rings is 1. The number of nitrogens with two attached hydrogens (primary N) is 1. The lowest BCUT2D eigenvalue weighted by molar-refractivity contribution is -0.150. The maximum absolute atomic E-state index is 14.1. The molecule has 2 aliphatic carbocycles. The molecule has 1 heterocycles. The normalized spacial score (nSPS) is 24.7. The predicted octanol–water partition coefficient (Wildman–Crippen LogP) is 1.50. The Labute approximate surface area is 248 Å². The number of hydrogen-bond acceptors (Lipinski definition) is 7. The van der Waals surface area contributed by atoms with Crippen LogP contribution in [0.15, 0.2) is 0 Å². The minimum Gasteiger partial charge on any atom is -0.461 e. The molecule has 6 atom stereocenters. The van der Waals surface area contributed by atoms with Crippen LogP contribution in [0.1, 0.15) is 81.6 Å². The van der Waals surface area contributed by atoms with Gasteiger partial charge in [0.05, 0.1) is 12.1 Å². The quantitative estimate of drug-likeness (QED) is 0.196. The third-order valence-corrected chi connectivity index (χ3v) is 8.85. The summed E-state index contributed by atoms with van der Waals surface area (Å²) in [5, 5.41) is 8.14. The van der Waals surface area contributed by atoms with E-state index in [0.29, 0.717) is 13.0 Å². The van der Waals surface area contributed by atoms with Crippen LogP contribution in [0.5, 0.6) is 0 Å². The molecule has 12 nitrogen and oxygen atoms in total. The molecular weight excluding hydrogens is 542 g/mol. The molecule has 1 saturated heterocycles. The first-order valence-electron chi connectivity index (χ1n) is 15.0. The lowest BCUT2D eigenvalue weighted by Crippen LogP contribution is -2.62. The summed E-state index contributed by atoms with van der Waals surface area (Å²) in [5.74, 6) is -3.57. The number of hydrogen-bond donors (Lipinski definition) is 4. The fourth-order valence-electron chi connectivity index (χ4n) is 6.09. The van der Waals surface area contributed by atoms with Crippen LogP contribution in [-0.2, 0) is 28.7 Å². The van der Waals surface area contributed by atoms with Crippen molar-refractivity contribution < 1.29 is 33.5 Å². The van der Waals surface area contributed by atoms with Crippen LogP contribution in [0.4, 0.5) is 4.79 Å². The lowest BCUT2D eigenvalue weighted by atomic mass is 9.85. The second-order valence-electron chi connectivity index (χ2n) is 14.5. The van der Waals surface area contributed by atoms with Crippen molar-refractivity contribution in [3.8, 4) is 0 Å². The summed E-state index contributed by atoms with van der Waals surface area (Å²) in [5.41, 5.74) is 4.32. The Kier molecular flexibility index (Phi) is 9.68. The molecule has 0 aromatic rings. The number of nitrogens with one attached hydrogen (secondary N) is 3. The molecule has 0 spiro atoms. The number of esters is 1. The van der Waals surface area contributed by atoms with E-state index in [-0.39, 0.29) is 35.2 Å². The van der Waals surface area contributed by atoms with Crippen LogP contribution >= 0.6 is 0 Å². The minimum atomic E-state index is -1.11. The summed E-state index contributed by atoms with van der Waals surface area (Å²) in [4.78, 5) is 79.3. The van der Waals surface area contributed by atoms with E-state index in [9.17, 15) is 28.8 Å². The zero-order chi connectivity index (χ0) is 31.9. The summed E-state index contributed by atoms with van der Waals surface area (Å²) >= 11 is 0. The summed E-state index contributed by atoms with van der Waals surface area (Å²) in [6.45, 7) is 16.8. The number of amides is 5. The Morgan fingerprint density at radius 3 is 2.05 bits per heavy atom. The molecule has 1 aliphatic heterocycles. The number of carbonyl (C=O) groups excluding carboxylic acids is 6. The van der Waals surface area contributed by atoms with E-state index in [2.05, 4.69) is 16.0 Å². The number of urea groups is 1. The van der Waals surface area contributed by atoms with Crippen molar-refractivity contribution in [1.29, 1.82) is 0 Å². The zero-order valence-corrected chi connectivity index (χ0v) is 26.4. The van der Waals surface area contributed by atoms with E-state index in [0.717, 1.165) is 12.8 Å². The SMILES string of the molecule is CC(C)OC(=O)[C@@H](NC(=O)N[C@H](C(=O)N1C[C@H]2[C@@H]([C@H]1C(=O)NC(CC1CC1)C(=O)C(N)=O)C2(C)C)C(C)(C)C)C(C)C. The number of carbonyl (C=O) groups is 6. The van der Waals surface area contributed by atoms with E-state index in [1.807, 2.05) is 13.8 Å². The van der Waals surface area contributed by atoms with E-state index >= 15 is 0 Å². The van der Waals surface area contributed by atoms with Crippen molar-refractivity contribution in [2.24, 2.45) is 40.2 Å². The molecule has 0 bridgehead atoms. The molecule has 3 rings (SSSR count). The van der Waals surface area contributed by atoms with Crippen LogP contribution < -0.4 is 21.7 Å². The molecular formula is C30H49N5O7. The van der Waals surface area contributed by atoms with Gasteiger partial charge in [-0.25, -0.2) is 9.59 Å². The first-order chi connectivity index (χ1) is 19.3. The maximum atomic E-state index is 14.1. The van der Waals surface area contributed by atoms with Gasteiger partial charge in [-0.15, -0.1) is 0 Å². The van der Waals surface area contributed by atoms with Gasteiger partial charge in [0.25, 0.3) is 5.91 Å². The number of nitrogens with zero attached hydrogens (tertiary/aromatic N) is 1. The van der Waals surface area contributed by atoms with Crippen molar-refractivity contribution in [1.82, 2.24) is 20.9 Å². The second-order valence-corrected chi connectivity index (χ2v) is 14.5. The Morgan fingerprint density at radius 2 is 1.57 bits per heavy atom. The first-order valence-corrected chi connectivity index (χ1v) is 15.0. The standard InChI is InChI=1S/C30H49N5O7/c1-14(2)20(27(40)42-15(3)4)33-28(41)34-23(29(5,6)7)26(39)35-13-17-19(30(17,8)9)21(35)25(38)32-18(12-16-10-11-16)22(36)24(31)37/h14-21,23H,10-13H2,1-9H3,(H2,31,37)(H,32,38)(H2,33,34,41)/t17-,18?,19-,20-,21-,23+/m0/s1.